The third-order valence-electron chi connectivity index (χ3n) is 7.37. The van der Waals surface area contributed by atoms with Crippen molar-refractivity contribution < 1.29 is 4.74 Å². The van der Waals surface area contributed by atoms with Crippen LogP contribution in [0.3, 0.4) is 0 Å². The number of nitrogens with zero attached hydrogens (tertiary/aromatic N) is 3. The van der Waals surface area contributed by atoms with Crippen LogP contribution in [0.4, 0.5) is 5.69 Å². The summed E-state index contributed by atoms with van der Waals surface area (Å²) in [6.07, 6.45) is 0. The molecule has 0 amide bonds. The van der Waals surface area contributed by atoms with Crippen molar-refractivity contribution in [1.29, 1.82) is 0 Å². The van der Waals surface area contributed by atoms with E-state index in [1.807, 2.05) is 0 Å². The summed E-state index contributed by atoms with van der Waals surface area (Å²) in [6, 6.07) is 21.9. The Morgan fingerprint density at radius 1 is 0.865 bits per heavy atom. The Labute approximate surface area is 225 Å². The van der Waals surface area contributed by atoms with Gasteiger partial charge in [0.05, 0.1) is 15.6 Å². The van der Waals surface area contributed by atoms with Crippen LogP contribution >= 0.6 is 11.3 Å². The Morgan fingerprint density at radius 3 is 2.24 bits per heavy atom. The second-order valence-electron chi connectivity index (χ2n) is 10.4. The fourth-order valence-corrected chi connectivity index (χ4v) is 6.64. The number of rotatable bonds is 7. The number of ether oxygens (including phenoxy) is 1. The predicted molar refractivity (Wildman–Crippen MR) is 156 cm³/mol. The van der Waals surface area contributed by atoms with Gasteiger partial charge >= 0.3 is 0 Å². The van der Waals surface area contributed by atoms with Gasteiger partial charge in [0.1, 0.15) is 5.75 Å². The third kappa shape index (κ3) is 4.45. The van der Waals surface area contributed by atoms with E-state index in [-0.39, 0.29) is 0 Å². The minimum Gasteiger partial charge on any atom is -0.471 e. The van der Waals surface area contributed by atoms with E-state index in [2.05, 4.69) is 119 Å². The van der Waals surface area contributed by atoms with E-state index in [1.54, 1.807) is 11.3 Å². The van der Waals surface area contributed by atoms with Gasteiger partial charge in [0.15, 0.2) is 5.60 Å². The van der Waals surface area contributed by atoms with Crippen LogP contribution in [-0.4, -0.2) is 43.6 Å². The van der Waals surface area contributed by atoms with Crippen LogP contribution in [0, 0.1) is 27.7 Å². The van der Waals surface area contributed by atoms with Crippen LogP contribution in [0.2, 0.25) is 0 Å². The molecule has 0 aliphatic carbocycles. The molecule has 192 valence electrons. The molecule has 0 radical (unpaired) electrons. The molecule has 1 aliphatic heterocycles. The zero-order chi connectivity index (χ0) is 26.3. The lowest BCUT2D eigenvalue weighted by molar-refractivity contribution is 0.154. The number of aryl methyl sites for hydroxylation is 4. The lowest BCUT2D eigenvalue weighted by Crippen LogP contribution is -2.39. The zero-order valence-corrected chi connectivity index (χ0v) is 23.9. The first-order chi connectivity index (χ1) is 17.7. The first-order valence-corrected chi connectivity index (χ1v) is 13.9. The van der Waals surface area contributed by atoms with Crippen molar-refractivity contribution in [3.8, 4) is 17.0 Å². The number of para-hydroxylation sites is 1. The Balaban J connectivity index is 1.75. The molecule has 5 rings (SSSR count). The van der Waals surface area contributed by atoms with Gasteiger partial charge in [0.2, 0.25) is 0 Å². The molecule has 0 fully saturated rings. The maximum atomic E-state index is 7.19. The second kappa shape index (κ2) is 9.96. The SMILES string of the molecule is CCN(CCN(C)C)c1ccc(C2(c3ccc(C)cc3C)Oc3ccccc3-c3nc(C)sc32)c(C)c1. The summed E-state index contributed by atoms with van der Waals surface area (Å²) in [7, 11) is 4.26. The van der Waals surface area contributed by atoms with Gasteiger partial charge in [0, 0.05) is 42.0 Å². The van der Waals surface area contributed by atoms with Gasteiger partial charge in [-0.1, -0.05) is 42.0 Å². The molecule has 0 saturated carbocycles. The molecule has 4 aromatic rings. The molecule has 37 heavy (non-hydrogen) atoms. The van der Waals surface area contributed by atoms with Crippen LogP contribution in [0.25, 0.3) is 11.3 Å². The van der Waals surface area contributed by atoms with Crippen molar-refractivity contribution in [3.05, 3.63) is 98.4 Å². The summed E-state index contributed by atoms with van der Waals surface area (Å²) in [6.45, 7) is 13.9. The Morgan fingerprint density at radius 2 is 1.57 bits per heavy atom. The van der Waals surface area contributed by atoms with Crippen molar-refractivity contribution in [2.24, 2.45) is 0 Å². The molecule has 0 N–H and O–H groups in total. The van der Waals surface area contributed by atoms with E-state index in [1.165, 1.54) is 33.5 Å². The monoisotopic (exact) mass is 511 g/mol. The van der Waals surface area contributed by atoms with Crippen LogP contribution in [0.5, 0.6) is 5.75 Å². The number of likely N-dealkylation sites (N-methyl/N-ethyl adjacent to an activating group) is 2. The molecule has 0 spiro atoms. The minimum atomic E-state index is -0.767. The Bertz CT molecular complexity index is 1440. The largest absolute Gasteiger partial charge is 0.471 e. The van der Waals surface area contributed by atoms with Gasteiger partial charge in [-0.25, -0.2) is 4.98 Å². The van der Waals surface area contributed by atoms with Gasteiger partial charge < -0.3 is 14.5 Å². The van der Waals surface area contributed by atoms with Crippen LogP contribution in [0.15, 0.2) is 60.7 Å². The van der Waals surface area contributed by atoms with Crippen LogP contribution < -0.4 is 9.64 Å². The van der Waals surface area contributed by atoms with E-state index >= 15 is 0 Å². The van der Waals surface area contributed by atoms with E-state index < -0.39 is 5.60 Å². The van der Waals surface area contributed by atoms with Gasteiger partial charge in [-0.05, 0) is 84.1 Å². The average molecular weight is 512 g/mol. The fourth-order valence-electron chi connectivity index (χ4n) is 5.55. The Hall–Kier alpha value is -3.15. The lowest BCUT2D eigenvalue weighted by atomic mass is 9.77. The molecular weight excluding hydrogens is 474 g/mol. The topological polar surface area (TPSA) is 28.6 Å². The molecular formula is C32H37N3OS. The summed E-state index contributed by atoms with van der Waals surface area (Å²) in [4.78, 5) is 10.9. The van der Waals surface area contributed by atoms with E-state index in [4.69, 9.17) is 9.72 Å². The smallest absolute Gasteiger partial charge is 0.196 e. The summed E-state index contributed by atoms with van der Waals surface area (Å²) in [5, 5.41) is 1.05. The van der Waals surface area contributed by atoms with Gasteiger partial charge in [0.25, 0.3) is 0 Å². The predicted octanol–water partition coefficient (Wildman–Crippen LogP) is 7.12. The number of fused-ring (bicyclic) bond motifs is 3. The Kier molecular flexibility index (Phi) is 6.86. The maximum absolute atomic E-state index is 7.19. The molecule has 1 aliphatic rings. The summed E-state index contributed by atoms with van der Waals surface area (Å²) in [5.41, 5.74) is 8.62. The van der Waals surface area contributed by atoms with E-state index in [9.17, 15) is 0 Å². The molecule has 3 aromatic carbocycles. The molecule has 5 heteroatoms. The first-order valence-electron chi connectivity index (χ1n) is 13.1. The minimum absolute atomic E-state index is 0.767. The highest BCUT2D eigenvalue weighted by atomic mass is 32.1. The van der Waals surface area contributed by atoms with Gasteiger partial charge in [-0.3, -0.25) is 0 Å². The number of hydrogen-bond acceptors (Lipinski definition) is 5. The fraction of sp³-hybridized carbons (Fsp3) is 0.344. The highest BCUT2D eigenvalue weighted by molar-refractivity contribution is 7.12. The molecule has 1 aromatic heterocycles. The number of thiazole rings is 1. The molecule has 4 nitrogen and oxygen atoms in total. The van der Waals surface area contributed by atoms with Crippen molar-refractivity contribution in [2.75, 3.05) is 38.6 Å². The highest BCUT2D eigenvalue weighted by Gasteiger charge is 2.48. The highest BCUT2D eigenvalue weighted by Crippen LogP contribution is 2.54. The molecule has 2 heterocycles. The van der Waals surface area contributed by atoms with E-state index in [0.29, 0.717) is 0 Å². The standard InChI is InChI=1S/C32H37N3OS/c1-8-35(18-17-34(6)7)25-14-16-28(23(4)20-25)32(27-15-13-21(2)19-22(27)3)31-30(33-24(5)37-31)26-11-9-10-12-29(26)36-32/h9-16,19-20H,8,17-18H2,1-7H3. The van der Waals surface area contributed by atoms with Crippen molar-refractivity contribution >= 4 is 17.0 Å². The van der Waals surface area contributed by atoms with Crippen LogP contribution in [0.1, 0.15) is 44.6 Å². The summed E-state index contributed by atoms with van der Waals surface area (Å²) < 4.78 is 7.19. The number of benzene rings is 3. The van der Waals surface area contributed by atoms with Gasteiger partial charge in [-0.2, -0.15) is 0 Å². The molecule has 0 bridgehead atoms. The number of hydrogen-bond donors (Lipinski definition) is 0. The first kappa shape index (κ1) is 25.5. The molecule has 1 atom stereocenters. The van der Waals surface area contributed by atoms with E-state index in [0.717, 1.165) is 46.5 Å². The molecule has 1 unspecified atom stereocenters. The number of anilines is 1. The normalized spacial score (nSPS) is 16.3. The molecule has 0 saturated heterocycles. The maximum Gasteiger partial charge on any atom is 0.196 e. The van der Waals surface area contributed by atoms with Gasteiger partial charge in [-0.15, -0.1) is 11.3 Å². The van der Waals surface area contributed by atoms with Crippen LogP contribution in [-0.2, 0) is 5.60 Å². The third-order valence-corrected chi connectivity index (χ3v) is 8.45. The second-order valence-corrected chi connectivity index (χ2v) is 11.6. The summed E-state index contributed by atoms with van der Waals surface area (Å²) in [5.74, 6) is 0.880. The quantitative estimate of drug-likeness (QED) is 0.264. The summed E-state index contributed by atoms with van der Waals surface area (Å²) >= 11 is 1.75. The zero-order valence-electron chi connectivity index (χ0n) is 23.1. The average Bonchev–Trinajstić information content (AvgIpc) is 3.26. The lowest BCUT2D eigenvalue weighted by Gasteiger charge is -2.41. The van der Waals surface area contributed by atoms with Crippen molar-refractivity contribution in [3.63, 3.8) is 0 Å². The van der Waals surface area contributed by atoms with Crippen molar-refractivity contribution in [1.82, 2.24) is 9.88 Å². The number of aromatic nitrogens is 1. The van der Waals surface area contributed by atoms with Crippen molar-refractivity contribution in [2.45, 2.75) is 40.2 Å².